The summed E-state index contributed by atoms with van der Waals surface area (Å²) >= 11 is 2.02. The number of nitrogens with zero attached hydrogens (tertiary/aromatic N) is 4. The molecule has 0 atom stereocenters. The third-order valence-corrected chi connectivity index (χ3v) is 24.4. The van der Waals surface area contributed by atoms with Crippen LogP contribution in [0.5, 0.6) is 0 Å². The van der Waals surface area contributed by atoms with Crippen molar-refractivity contribution in [2.45, 2.75) is 144 Å². The van der Waals surface area contributed by atoms with Gasteiger partial charge in [0.1, 0.15) is 11.2 Å². The lowest BCUT2D eigenvalue weighted by Crippen LogP contribution is -2.60. The molecule has 0 unspecified atom stereocenters. The Bertz CT molecular complexity index is 4370. The van der Waals surface area contributed by atoms with E-state index in [-0.39, 0.29) is 35.1 Å². The number of benzene rings is 8. The van der Waals surface area contributed by atoms with Gasteiger partial charge < -0.3 is 24.0 Å². The second-order valence-electron chi connectivity index (χ2n) is 31.1. The summed E-state index contributed by atoms with van der Waals surface area (Å²) in [6.45, 7) is 42.6. The molecule has 0 spiro atoms. The highest BCUT2D eigenvalue weighted by atomic mass is 32.1. The molecule has 0 saturated heterocycles. The van der Waals surface area contributed by atoms with E-state index in [0.29, 0.717) is 0 Å². The molecule has 0 saturated carbocycles. The third-order valence-electron chi connectivity index (χ3n) is 19.0. The Morgan fingerprint density at radius 3 is 1.16 bits per heavy atom. The molecule has 0 bridgehead atoms. The zero-order valence-electron chi connectivity index (χ0n) is 53.9. The first kappa shape index (κ1) is 56.6. The van der Waals surface area contributed by atoms with Crippen LogP contribution in [0, 0.1) is 0 Å². The number of fused-ring (bicyclic) bond motifs is 11. The molecule has 0 aliphatic carbocycles. The average molecular weight is 1180 g/mol. The predicted molar refractivity (Wildman–Crippen MR) is 383 cm³/mol. The number of thiophene rings is 1. The molecule has 4 aliphatic rings. The van der Waals surface area contributed by atoms with Crippen LogP contribution in [0.25, 0.3) is 11.0 Å². The summed E-state index contributed by atoms with van der Waals surface area (Å²) < 4.78 is 10.2. The van der Waals surface area contributed by atoms with E-state index in [1.54, 1.807) is 0 Å². The molecule has 10 heteroatoms. The van der Waals surface area contributed by atoms with Gasteiger partial charge >= 0.3 is 6.71 Å². The Hall–Kier alpha value is -7.24. The minimum absolute atomic E-state index is 0.00162. The fourth-order valence-electron chi connectivity index (χ4n) is 14.0. The maximum Gasteiger partial charge on any atom is 0.309 e. The van der Waals surface area contributed by atoms with Crippen LogP contribution in [0.4, 0.5) is 68.2 Å². The van der Waals surface area contributed by atoms with E-state index < -0.39 is 16.1 Å². The molecule has 2 aromatic heterocycles. The molecule has 5 nitrogen and oxygen atoms in total. The Labute approximate surface area is 518 Å². The van der Waals surface area contributed by atoms with Gasteiger partial charge in [-0.3, -0.25) is 0 Å². The summed E-state index contributed by atoms with van der Waals surface area (Å²) in [7, 11) is -3.39. The Morgan fingerprint density at radius 1 is 0.360 bits per heavy atom. The molecule has 4 aliphatic heterocycles. The van der Waals surface area contributed by atoms with E-state index >= 15 is 0 Å². The smallest absolute Gasteiger partial charge is 0.309 e. The van der Waals surface area contributed by atoms with Gasteiger partial charge in [-0.1, -0.05) is 212 Å². The van der Waals surface area contributed by atoms with Crippen LogP contribution in [0.2, 0.25) is 39.3 Å². The minimum atomic E-state index is -1.70. The maximum absolute atomic E-state index is 7.59. The fraction of sp³-hybridized carbons (Fsp3) is 0.289. The van der Waals surface area contributed by atoms with Gasteiger partial charge in [0, 0.05) is 66.1 Å². The summed E-state index contributed by atoms with van der Waals surface area (Å²) in [5, 5.41) is 4.02. The van der Waals surface area contributed by atoms with Gasteiger partial charge in [0.05, 0.1) is 33.2 Å². The largest absolute Gasteiger partial charge is 0.468 e. The van der Waals surface area contributed by atoms with Crippen molar-refractivity contribution in [2.75, 3.05) is 19.6 Å². The lowest BCUT2D eigenvalue weighted by molar-refractivity contribution is 0.590. The predicted octanol–water partition coefficient (Wildman–Crippen LogP) is 16.9. The monoisotopic (exact) mass is 1180 g/mol. The quantitative estimate of drug-likeness (QED) is 0.155. The summed E-state index contributed by atoms with van der Waals surface area (Å²) in [5.41, 5.74) is 25.0. The van der Waals surface area contributed by atoms with Crippen molar-refractivity contribution >= 4 is 162 Å². The Kier molecular flexibility index (Phi) is 12.6. The van der Waals surface area contributed by atoms with Crippen molar-refractivity contribution in [3.8, 4) is 0 Å². The molecule has 6 heterocycles. The topological polar surface area (TPSA) is 26.1 Å². The van der Waals surface area contributed by atoms with Gasteiger partial charge in [-0.15, -0.1) is 0 Å². The van der Waals surface area contributed by atoms with Crippen LogP contribution in [0.1, 0.15) is 105 Å². The van der Waals surface area contributed by atoms with Gasteiger partial charge in [0.2, 0.25) is 0 Å². The summed E-state index contributed by atoms with van der Waals surface area (Å²) in [5.74, 6) is 0. The van der Waals surface area contributed by atoms with Crippen molar-refractivity contribution in [3.05, 3.63) is 192 Å². The van der Waals surface area contributed by atoms with Gasteiger partial charge in [0.15, 0.2) is 0 Å². The molecule has 10 aromatic rings. The highest BCUT2D eigenvalue weighted by molar-refractivity contribution is 7.38. The second-order valence-corrected chi connectivity index (χ2v) is 42.4. The molecule has 0 radical (unpaired) electrons. The lowest BCUT2D eigenvalue weighted by Gasteiger charge is -2.46. The molecule has 0 N–H and O–H groups in total. The first-order valence-corrected chi connectivity index (χ1v) is 39.0. The van der Waals surface area contributed by atoms with Crippen molar-refractivity contribution in [2.24, 2.45) is 0 Å². The lowest BCUT2D eigenvalue weighted by atomic mass is 9.35. The fourth-order valence-corrected chi connectivity index (χ4v) is 17.8. The van der Waals surface area contributed by atoms with E-state index in [2.05, 4.69) is 312 Å². The summed E-state index contributed by atoms with van der Waals surface area (Å²) in [6, 6.07) is 66.6. The van der Waals surface area contributed by atoms with Crippen LogP contribution in [-0.4, -0.2) is 29.6 Å². The van der Waals surface area contributed by atoms with E-state index in [1.807, 2.05) is 11.3 Å². The zero-order valence-corrected chi connectivity index (χ0v) is 56.7. The van der Waals surface area contributed by atoms with E-state index in [1.165, 1.54) is 110 Å². The molecule has 8 aromatic carbocycles. The standard InChI is InChI=1S/C76H82B2N4OSSi2/c1-73(2,3)47-27-31-51(32-28-47)79-59-25-21-20-24-58(59)77-65-60(79)43-49(75(7,8)9)44-61(65)81(53-35-39-55(40-36-53)85(13,14)15)68-69-72(84-71(68)77)78-66-62(45-50(76(10,11)12)46-63(66)82(69)54-37-41-56(42-38-54)86(16,17)18)80(52-33-29-48(30-34-52)74(4,5)6)67-57-23-19-22-26-64(57)83-70(67)78/h19-46H,1-18H3. The van der Waals surface area contributed by atoms with Crippen LogP contribution in [-0.2, 0) is 21.7 Å². The first-order valence-electron chi connectivity index (χ1n) is 31.2. The molecular weight excluding hydrogens is 1090 g/mol. The molecule has 86 heavy (non-hydrogen) atoms. The maximum atomic E-state index is 7.59. The van der Waals surface area contributed by atoms with Crippen LogP contribution < -0.4 is 61.6 Å². The number of furan rings is 1. The van der Waals surface area contributed by atoms with Crippen molar-refractivity contribution in [3.63, 3.8) is 0 Å². The van der Waals surface area contributed by atoms with Crippen molar-refractivity contribution < 1.29 is 4.42 Å². The molecule has 432 valence electrons. The Morgan fingerprint density at radius 2 is 0.721 bits per heavy atom. The number of anilines is 12. The average Bonchev–Trinajstić information content (AvgIpc) is 1.38. The zero-order chi connectivity index (χ0) is 60.7. The van der Waals surface area contributed by atoms with Gasteiger partial charge in [-0.2, -0.15) is 11.3 Å². The second kappa shape index (κ2) is 19.1. The van der Waals surface area contributed by atoms with Crippen molar-refractivity contribution in [1.29, 1.82) is 0 Å². The molecule has 0 amide bonds. The van der Waals surface area contributed by atoms with E-state index in [4.69, 9.17) is 4.42 Å². The number of para-hydroxylation sites is 2. The van der Waals surface area contributed by atoms with E-state index in [9.17, 15) is 0 Å². The molecule has 14 rings (SSSR count). The van der Waals surface area contributed by atoms with Crippen LogP contribution in [0.15, 0.2) is 174 Å². The summed E-state index contributed by atoms with van der Waals surface area (Å²) in [6.07, 6.45) is 0. The van der Waals surface area contributed by atoms with Gasteiger partial charge in [-0.05, 0) is 151 Å². The highest BCUT2D eigenvalue weighted by Gasteiger charge is 2.54. The normalized spacial score (nSPS) is 14.7. The molecular formula is C76H82B2N4OSSi2. The number of hydrogen-bond donors (Lipinski definition) is 0. The SMILES string of the molecule is CC(C)(C)c1ccc(N2c3ccccc3B3c4sc5c(c4N(c4ccc([Si](C)(C)C)cc4)c4cc(C(C)(C)C)cc2c43)N(c2ccc([Si](C)(C)C)cc2)c2cc(C(C)(C)C)cc3c2B5c2oc4ccccc4c2N3c2ccc(C(C)(C)C)cc2)cc1. The minimum Gasteiger partial charge on any atom is -0.468 e. The number of rotatable bonds is 6. The van der Waals surface area contributed by atoms with Gasteiger partial charge in [0.25, 0.3) is 6.71 Å². The Balaban J connectivity index is 1.14. The van der Waals surface area contributed by atoms with Crippen molar-refractivity contribution in [1.82, 2.24) is 0 Å². The first-order chi connectivity index (χ1) is 40.5. The van der Waals surface area contributed by atoms with E-state index in [0.717, 1.165) is 33.7 Å². The van der Waals surface area contributed by atoms with Gasteiger partial charge in [-0.25, -0.2) is 0 Å². The number of hydrogen-bond acceptors (Lipinski definition) is 6. The molecule has 0 fully saturated rings. The highest BCUT2D eigenvalue weighted by Crippen LogP contribution is 2.55. The third kappa shape index (κ3) is 8.88. The van der Waals surface area contributed by atoms with Crippen LogP contribution in [0.3, 0.4) is 0 Å². The van der Waals surface area contributed by atoms with Crippen LogP contribution >= 0.6 is 11.3 Å². The summed E-state index contributed by atoms with van der Waals surface area (Å²) in [4.78, 5) is 10.6.